The molecule has 37 heavy (non-hydrogen) atoms. The van der Waals surface area contributed by atoms with Gasteiger partial charge in [-0.1, -0.05) is 0 Å². The van der Waals surface area contributed by atoms with Crippen molar-refractivity contribution in [3.8, 4) is 11.5 Å². The second-order valence-corrected chi connectivity index (χ2v) is 10.1. The SMILES string of the molecule is Cn1c(Nc2ccc(SC(F)(F)F)cc2)nc2cc(Oc3ccnc(C(=O)NOC(C)(C)C)c3)ccc21. The number of ether oxygens (including phenoxy) is 1. The molecule has 0 saturated carbocycles. The zero-order chi connectivity index (χ0) is 26.8. The van der Waals surface area contributed by atoms with E-state index in [1.54, 1.807) is 30.3 Å². The maximum absolute atomic E-state index is 12.6. The van der Waals surface area contributed by atoms with Gasteiger partial charge in [0.25, 0.3) is 5.91 Å². The zero-order valence-corrected chi connectivity index (χ0v) is 21.2. The first-order chi connectivity index (χ1) is 17.4. The van der Waals surface area contributed by atoms with Gasteiger partial charge in [0, 0.05) is 36.0 Å². The minimum atomic E-state index is -4.34. The maximum Gasteiger partial charge on any atom is 0.446 e. The van der Waals surface area contributed by atoms with E-state index in [0.29, 0.717) is 28.7 Å². The van der Waals surface area contributed by atoms with E-state index < -0.39 is 17.0 Å². The van der Waals surface area contributed by atoms with Gasteiger partial charge >= 0.3 is 5.51 Å². The fourth-order valence-electron chi connectivity index (χ4n) is 3.21. The number of aromatic nitrogens is 3. The van der Waals surface area contributed by atoms with Crippen molar-refractivity contribution in [2.75, 3.05) is 5.32 Å². The van der Waals surface area contributed by atoms with E-state index in [1.165, 1.54) is 24.4 Å². The molecular weight excluding hydrogens is 507 g/mol. The number of nitrogens with zero attached hydrogens (tertiary/aromatic N) is 3. The van der Waals surface area contributed by atoms with Gasteiger partial charge in [-0.3, -0.25) is 14.6 Å². The van der Waals surface area contributed by atoms with E-state index in [4.69, 9.17) is 9.57 Å². The van der Waals surface area contributed by atoms with Gasteiger partial charge in [0.1, 0.15) is 17.2 Å². The summed E-state index contributed by atoms with van der Waals surface area (Å²) >= 11 is -0.164. The average molecular weight is 532 g/mol. The van der Waals surface area contributed by atoms with Crippen LogP contribution in [0.3, 0.4) is 0 Å². The first-order valence-corrected chi connectivity index (χ1v) is 11.9. The van der Waals surface area contributed by atoms with Crippen molar-refractivity contribution in [3.05, 3.63) is 66.5 Å². The predicted molar refractivity (Wildman–Crippen MR) is 135 cm³/mol. The molecule has 2 aromatic heterocycles. The van der Waals surface area contributed by atoms with E-state index >= 15 is 0 Å². The van der Waals surface area contributed by atoms with Crippen molar-refractivity contribution >= 4 is 40.3 Å². The number of rotatable bonds is 7. The second kappa shape index (κ2) is 10.3. The van der Waals surface area contributed by atoms with Crippen LogP contribution in [0.4, 0.5) is 24.8 Å². The normalized spacial score (nSPS) is 12.0. The van der Waals surface area contributed by atoms with E-state index in [1.807, 2.05) is 38.5 Å². The Morgan fingerprint density at radius 3 is 2.38 bits per heavy atom. The van der Waals surface area contributed by atoms with Gasteiger partial charge in [-0.05, 0) is 75.0 Å². The minimum absolute atomic E-state index is 0.100. The molecule has 0 saturated heterocycles. The molecule has 194 valence electrons. The Kier molecular flexibility index (Phi) is 7.32. The Hall–Kier alpha value is -3.77. The molecule has 0 unspecified atom stereocenters. The highest BCUT2D eigenvalue weighted by atomic mass is 32.2. The van der Waals surface area contributed by atoms with Gasteiger partial charge < -0.3 is 14.6 Å². The van der Waals surface area contributed by atoms with E-state index in [-0.39, 0.29) is 22.4 Å². The van der Waals surface area contributed by atoms with Crippen LogP contribution in [0.25, 0.3) is 11.0 Å². The predicted octanol–water partition coefficient (Wildman–Crippen LogP) is 6.58. The number of carbonyl (C=O) groups excluding carboxylic acids is 1. The Bertz CT molecular complexity index is 1420. The smallest absolute Gasteiger partial charge is 0.446 e. The summed E-state index contributed by atoms with van der Waals surface area (Å²) in [5, 5.41) is 3.12. The number of hydrogen-bond donors (Lipinski definition) is 2. The van der Waals surface area contributed by atoms with Crippen LogP contribution in [0.1, 0.15) is 31.3 Å². The van der Waals surface area contributed by atoms with Crippen LogP contribution in [0.15, 0.2) is 65.7 Å². The number of nitrogens with one attached hydrogen (secondary N) is 2. The minimum Gasteiger partial charge on any atom is -0.457 e. The maximum atomic E-state index is 12.6. The van der Waals surface area contributed by atoms with Crippen LogP contribution in [0, 0.1) is 0 Å². The van der Waals surface area contributed by atoms with Crippen molar-refractivity contribution < 1.29 is 27.5 Å². The van der Waals surface area contributed by atoms with Crippen LogP contribution in [-0.2, 0) is 11.9 Å². The lowest BCUT2D eigenvalue weighted by Crippen LogP contribution is -2.33. The molecule has 4 aromatic rings. The zero-order valence-electron chi connectivity index (χ0n) is 20.4. The molecular formula is C25H24F3N5O3S. The van der Waals surface area contributed by atoms with Crippen molar-refractivity contribution in [3.63, 3.8) is 0 Å². The van der Waals surface area contributed by atoms with Crippen molar-refractivity contribution in [2.24, 2.45) is 7.05 Å². The molecule has 1 amide bonds. The summed E-state index contributed by atoms with van der Waals surface area (Å²) in [6, 6.07) is 14.4. The number of pyridine rings is 1. The molecule has 0 aliphatic rings. The molecule has 8 nitrogen and oxygen atoms in total. The van der Waals surface area contributed by atoms with Crippen LogP contribution >= 0.6 is 11.8 Å². The molecule has 2 N–H and O–H groups in total. The summed E-state index contributed by atoms with van der Waals surface area (Å²) in [5.41, 5.74) is -0.341. The lowest BCUT2D eigenvalue weighted by Gasteiger charge is -2.18. The number of fused-ring (bicyclic) bond motifs is 1. The van der Waals surface area contributed by atoms with Crippen LogP contribution in [0.2, 0.25) is 0 Å². The van der Waals surface area contributed by atoms with E-state index in [0.717, 1.165) is 5.52 Å². The highest BCUT2D eigenvalue weighted by Gasteiger charge is 2.29. The summed E-state index contributed by atoms with van der Waals surface area (Å²) in [6.45, 7) is 5.42. The first-order valence-electron chi connectivity index (χ1n) is 11.1. The van der Waals surface area contributed by atoms with Gasteiger partial charge in [-0.25, -0.2) is 10.5 Å². The molecule has 12 heteroatoms. The van der Waals surface area contributed by atoms with Crippen LogP contribution < -0.4 is 15.5 Å². The molecule has 4 rings (SSSR count). The molecule has 0 bridgehead atoms. The summed E-state index contributed by atoms with van der Waals surface area (Å²) < 4.78 is 45.4. The number of hydroxylamine groups is 1. The number of alkyl halides is 3. The summed E-state index contributed by atoms with van der Waals surface area (Å²) in [7, 11) is 1.82. The molecule has 2 aromatic carbocycles. The molecule has 2 heterocycles. The number of amides is 1. The molecule has 0 aliphatic heterocycles. The van der Waals surface area contributed by atoms with Gasteiger partial charge in [0.05, 0.1) is 16.6 Å². The van der Waals surface area contributed by atoms with Gasteiger partial charge in [0.15, 0.2) is 0 Å². The molecule has 0 atom stereocenters. The largest absolute Gasteiger partial charge is 0.457 e. The number of halogens is 3. The Labute approximate surface area is 215 Å². The quantitative estimate of drug-likeness (QED) is 0.206. The lowest BCUT2D eigenvalue weighted by molar-refractivity contribution is -0.0591. The van der Waals surface area contributed by atoms with E-state index in [2.05, 4.69) is 20.8 Å². The highest BCUT2D eigenvalue weighted by Crippen LogP contribution is 2.37. The third kappa shape index (κ3) is 7.14. The highest BCUT2D eigenvalue weighted by molar-refractivity contribution is 8.00. The third-order valence-electron chi connectivity index (χ3n) is 4.85. The van der Waals surface area contributed by atoms with Gasteiger partial charge in [-0.2, -0.15) is 13.2 Å². The van der Waals surface area contributed by atoms with Crippen LogP contribution in [-0.4, -0.2) is 31.6 Å². The van der Waals surface area contributed by atoms with E-state index in [9.17, 15) is 18.0 Å². The molecule has 0 spiro atoms. The Balaban J connectivity index is 1.47. The summed E-state index contributed by atoms with van der Waals surface area (Å²) in [5.74, 6) is 0.905. The monoisotopic (exact) mass is 531 g/mol. The molecule has 0 aliphatic carbocycles. The standard InChI is InChI=1S/C25H24F3N5O3S/c1-24(2,3)36-32-22(34)20-14-17(11-12-29-20)35-16-7-10-21-19(13-16)31-23(33(21)4)30-15-5-8-18(9-6-15)37-25(26,27)28/h5-14H,1-4H3,(H,30,31)(H,32,34). The Morgan fingerprint density at radius 2 is 1.70 bits per heavy atom. The Morgan fingerprint density at radius 1 is 1.00 bits per heavy atom. The third-order valence-corrected chi connectivity index (χ3v) is 5.59. The topological polar surface area (TPSA) is 90.3 Å². The fraction of sp³-hybridized carbons (Fsp3) is 0.240. The second-order valence-electron chi connectivity index (χ2n) is 8.97. The number of benzene rings is 2. The fourth-order valence-corrected chi connectivity index (χ4v) is 3.75. The summed E-state index contributed by atoms with van der Waals surface area (Å²) in [4.78, 5) is 26.3. The number of anilines is 2. The van der Waals surface area contributed by atoms with Crippen molar-refractivity contribution in [1.29, 1.82) is 0 Å². The molecule has 0 radical (unpaired) electrons. The summed E-state index contributed by atoms with van der Waals surface area (Å²) in [6.07, 6.45) is 1.46. The first kappa shape index (κ1) is 26.3. The van der Waals surface area contributed by atoms with Crippen molar-refractivity contribution in [1.82, 2.24) is 20.0 Å². The van der Waals surface area contributed by atoms with Crippen molar-refractivity contribution in [2.45, 2.75) is 36.8 Å². The number of hydrogen-bond acceptors (Lipinski definition) is 7. The average Bonchev–Trinajstić information content (AvgIpc) is 3.12. The lowest BCUT2D eigenvalue weighted by atomic mass is 10.2. The number of imidazole rings is 1. The van der Waals surface area contributed by atoms with Gasteiger partial charge in [-0.15, -0.1) is 0 Å². The number of thioether (sulfide) groups is 1. The van der Waals surface area contributed by atoms with Crippen LogP contribution in [0.5, 0.6) is 11.5 Å². The van der Waals surface area contributed by atoms with Gasteiger partial charge in [0.2, 0.25) is 5.95 Å². The molecule has 0 fully saturated rings. The number of carbonyl (C=O) groups is 1. The number of aryl methyl sites for hydroxylation is 1.